The van der Waals surface area contributed by atoms with E-state index in [1.807, 2.05) is 13.8 Å². The fourth-order valence-electron chi connectivity index (χ4n) is 4.06. The van der Waals surface area contributed by atoms with Crippen LogP contribution in [0.3, 0.4) is 0 Å². The molecule has 0 bridgehead atoms. The van der Waals surface area contributed by atoms with Gasteiger partial charge in [0.15, 0.2) is 0 Å². The molecule has 1 aliphatic heterocycles. The second-order valence-electron chi connectivity index (χ2n) is 7.97. The van der Waals surface area contributed by atoms with Gasteiger partial charge in [-0.25, -0.2) is 0 Å². The van der Waals surface area contributed by atoms with E-state index in [1.54, 1.807) is 0 Å². The zero-order valence-corrected chi connectivity index (χ0v) is 16.9. The molecule has 2 N–H and O–H groups in total. The van der Waals surface area contributed by atoms with E-state index in [0.717, 1.165) is 12.8 Å². The van der Waals surface area contributed by atoms with Gasteiger partial charge in [-0.05, 0) is 73.1 Å². The number of aliphatic hydroxyl groups excluding tert-OH is 1. The average molecular weight is 332 g/mol. The summed E-state index contributed by atoms with van der Waals surface area (Å²) in [6, 6.07) is 0. The first-order valence-corrected chi connectivity index (χ1v) is 10.5. The van der Waals surface area contributed by atoms with Crippen molar-refractivity contribution in [2.75, 3.05) is 13.2 Å². The summed E-state index contributed by atoms with van der Waals surface area (Å²) in [4.78, 5) is 0. The van der Waals surface area contributed by atoms with Crippen LogP contribution in [-0.4, -0.2) is 50.6 Å². The largest absolute Gasteiger partial charge is 0.397 e. The molecular formula is C17H37NO3Si. The van der Waals surface area contributed by atoms with Gasteiger partial charge in [0.05, 0.1) is 0 Å². The minimum Gasteiger partial charge on any atom is -0.397 e. The molecule has 0 amide bonds. The number of nitrogens with one attached hydrogen (secondary N) is 1. The Kier molecular flexibility index (Phi) is 8.02. The third-order valence-electron chi connectivity index (χ3n) is 4.35. The van der Waals surface area contributed by atoms with Gasteiger partial charge in [0.1, 0.15) is 15.4 Å². The Morgan fingerprint density at radius 1 is 1.09 bits per heavy atom. The maximum Gasteiger partial charge on any atom is 0.137 e. The lowest BCUT2D eigenvalue weighted by Gasteiger charge is -2.46. The quantitative estimate of drug-likeness (QED) is 0.502. The maximum absolute atomic E-state index is 10.3. The van der Waals surface area contributed by atoms with Gasteiger partial charge in [0.25, 0.3) is 0 Å². The van der Waals surface area contributed by atoms with Crippen LogP contribution in [0.15, 0.2) is 0 Å². The van der Waals surface area contributed by atoms with Gasteiger partial charge in [0, 0.05) is 30.0 Å². The molecule has 0 spiro atoms. The fourth-order valence-corrected chi connectivity index (χ4v) is 5.72. The van der Waals surface area contributed by atoms with Crippen LogP contribution < -0.4 is 5.32 Å². The Morgan fingerprint density at radius 3 is 2.05 bits per heavy atom. The Hall–Kier alpha value is 0.0569. The highest BCUT2D eigenvalue weighted by molar-refractivity contribution is 6.38. The van der Waals surface area contributed by atoms with E-state index in [1.165, 1.54) is 12.8 Å². The topological polar surface area (TPSA) is 50.7 Å². The van der Waals surface area contributed by atoms with E-state index in [2.05, 4.69) is 33.0 Å². The molecule has 1 aliphatic rings. The zero-order chi connectivity index (χ0) is 16.8. The first-order valence-electron chi connectivity index (χ1n) is 8.88. The van der Waals surface area contributed by atoms with Gasteiger partial charge >= 0.3 is 0 Å². The number of hydrogen-bond acceptors (Lipinski definition) is 4. The van der Waals surface area contributed by atoms with Crippen molar-refractivity contribution in [3.8, 4) is 0 Å². The van der Waals surface area contributed by atoms with Crippen LogP contribution in [0.2, 0.25) is 0 Å². The number of aliphatic hydroxyl groups is 1. The lowest BCUT2D eigenvalue weighted by atomic mass is 9.74. The Balaban J connectivity index is 2.40. The molecule has 0 aromatic heterocycles. The van der Waals surface area contributed by atoms with Gasteiger partial charge in [-0.1, -0.05) is 0 Å². The predicted molar refractivity (Wildman–Crippen MR) is 94.8 cm³/mol. The van der Waals surface area contributed by atoms with Crippen LogP contribution in [0.4, 0.5) is 0 Å². The molecule has 1 rings (SSSR count). The second-order valence-corrected chi connectivity index (χ2v) is 10.1. The van der Waals surface area contributed by atoms with Gasteiger partial charge in [-0.3, -0.25) is 0 Å². The highest BCUT2D eigenvalue weighted by Gasteiger charge is 2.37. The summed E-state index contributed by atoms with van der Waals surface area (Å²) in [6.45, 7) is 14.4. The summed E-state index contributed by atoms with van der Waals surface area (Å²) < 4.78 is 11.2. The van der Waals surface area contributed by atoms with Crippen molar-refractivity contribution in [3.05, 3.63) is 0 Å². The SMILES string of the molecule is CCOC(OCC)[SiH2]C(O)CCC1CC(C)(C)NC(C)(C)C1. The second kappa shape index (κ2) is 8.78. The van der Waals surface area contributed by atoms with Gasteiger partial charge in [-0.2, -0.15) is 0 Å². The maximum atomic E-state index is 10.3. The summed E-state index contributed by atoms with van der Waals surface area (Å²) >= 11 is 0. The highest BCUT2D eigenvalue weighted by Crippen LogP contribution is 2.35. The molecule has 22 heavy (non-hydrogen) atoms. The van der Waals surface area contributed by atoms with Crippen LogP contribution >= 0.6 is 0 Å². The smallest absolute Gasteiger partial charge is 0.137 e. The molecule has 0 saturated carbocycles. The summed E-state index contributed by atoms with van der Waals surface area (Å²) in [7, 11) is -0.779. The minimum absolute atomic E-state index is 0.133. The predicted octanol–water partition coefficient (Wildman–Crippen LogP) is 2.17. The molecule has 1 atom stereocenters. The number of hydrogen-bond donors (Lipinski definition) is 2. The van der Waals surface area contributed by atoms with Crippen molar-refractivity contribution in [2.24, 2.45) is 5.92 Å². The Morgan fingerprint density at radius 2 is 1.59 bits per heavy atom. The van der Waals surface area contributed by atoms with Crippen LogP contribution in [0.5, 0.6) is 0 Å². The summed E-state index contributed by atoms with van der Waals surface area (Å²) in [5.41, 5.74) is 0.173. The average Bonchev–Trinajstić information content (AvgIpc) is 2.33. The molecule has 5 heteroatoms. The van der Waals surface area contributed by atoms with Gasteiger partial charge < -0.3 is 19.9 Å². The number of piperidine rings is 1. The van der Waals surface area contributed by atoms with Crippen molar-refractivity contribution in [3.63, 3.8) is 0 Å². The molecule has 4 nitrogen and oxygen atoms in total. The monoisotopic (exact) mass is 331 g/mol. The molecule has 0 aromatic rings. The lowest BCUT2D eigenvalue weighted by Crippen LogP contribution is -2.57. The molecule has 1 heterocycles. The van der Waals surface area contributed by atoms with Gasteiger partial charge in [0.2, 0.25) is 0 Å². The first-order chi connectivity index (χ1) is 10.2. The van der Waals surface area contributed by atoms with E-state index in [9.17, 15) is 5.11 Å². The fraction of sp³-hybridized carbons (Fsp3) is 1.00. The summed E-state index contributed by atoms with van der Waals surface area (Å²) in [6.07, 6.45) is 4.36. The third-order valence-corrected chi connectivity index (χ3v) is 6.16. The van der Waals surface area contributed by atoms with Crippen molar-refractivity contribution >= 4 is 9.52 Å². The van der Waals surface area contributed by atoms with Crippen molar-refractivity contribution in [1.29, 1.82) is 0 Å². The zero-order valence-electron chi connectivity index (χ0n) is 15.4. The molecule has 0 aliphatic carbocycles. The minimum atomic E-state index is -0.779. The van der Waals surface area contributed by atoms with Crippen molar-refractivity contribution in [2.45, 2.75) is 89.9 Å². The van der Waals surface area contributed by atoms with Crippen molar-refractivity contribution < 1.29 is 14.6 Å². The van der Waals surface area contributed by atoms with Crippen LogP contribution in [0.1, 0.15) is 67.2 Å². The van der Waals surface area contributed by atoms with Crippen LogP contribution in [-0.2, 0) is 9.47 Å². The Bertz CT molecular complexity index is 301. The van der Waals surface area contributed by atoms with Crippen molar-refractivity contribution in [1.82, 2.24) is 5.32 Å². The molecule has 1 fully saturated rings. The summed E-state index contributed by atoms with van der Waals surface area (Å²) in [5, 5.41) is 14.1. The van der Waals surface area contributed by atoms with Crippen LogP contribution in [0, 0.1) is 5.92 Å². The van der Waals surface area contributed by atoms with E-state index in [0.29, 0.717) is 19.1 Å². The van der Waals surface area contributed by atoms with E-state index < -0.39 is 9.52 Å². The lowest BCUT2D eigenvalue weighted by molar-refractivity contribution is -0.0854. The molecular weight excluding hydrogens is 294 g/mol. The Labute approximate surface area is 139 Å². The molecule has 0 aromatic carbocycles. The molecule has 132 valence electrons. The number of rotatable bonds is 9. The van der Waals surface area contributed by atoms with Gasteiger partial charge in [-0.15, -0.1) is 0 Å². The highest BCUT2D eigenvalue weighted by atomic mass is 28.2. The third kappa shape index (κ3) is 7.55. The molecule has 1 saturated heterocycles. The molecule has 1 unspecified atom stereocenters. The normalized spacial score (nSPS) is 23.5. The van der Waals surface area contributed by atoms with E-state index >= 15 is 0 Å². The number of ether oxygens (including phenoxy) is 2. The van der Waals surface area contributed by atoms with E-state index in [4.69, 9.17) is 9.47 Å². The van der Waals surface area contributed by atoms with E-state index in [-0.39, 0.29) is 22.7 Å². The van der Waals surface area contributed by atoms with Crippen LogP contribution in [0.25, 0.3) is 0 Å². The standard InChI is InChI=1S/C17H37NO3Si/c1-7-20-15(21-8-2)22-14(19)10-9-13-11-16(3,4)18-17(5,6)12-13/h13-15,18-19H,7-12,22H2,1-6H3. The first kappa shape index (κ1) is 20.1. The summed E-state index contributed by atoms with van der Waals surface area (Å²) in [5.74, 6) is 0.554. The molecule has 0 radical (unpaired) electrons.